The van der Waals surface area contributed by atoms with E-state index in [1.807, 2.05) is 0 Å². The Bertz CT molecular complexity index is 1250. The molecule has 0 unspecified atom stereocenters. The smallest absolute Gasteiger partial charge is 0.270 e. The van der Waals surface area contributed by atoms with Crippen LogP contribution in [0, 0.1) is 11.6 Å². The van der Waals surface area contributed by atoms with Gasteiger partial charge in [-0.05, 0) is 24.3 Å². The summed E-state index contributed by atoms with van der Waals surface area (Å²) in [7, 11) is 1.36. The number of nitrogen functional groups attached to an aromatic ring is 1. The standard InChI is InChI=1S/C11H9FN2O3.C8H5FN2O/c1-17-5-11(16)14-9-4-8-6(2-7(9)12)3-10(15)13-8;9-5-1-4-2-8(12)11-7(4)3-6(5)10/h2-4H,5H2,1H3,(H,14,16);1-3H,10H2. The highest BCUT2D eigenvalue weighted by Crippen LogP contribution is 2.09. The number of halogens is 2. The fraction of sp³-hybridized carbons (Fsp3) is 0.105. The predicted molar refractivity (Wildman–Crippen MR) is 98.2 cm³/mol. The van der Waals surface area contributed by atoms with Crippen LogP contribution in [-0.2, 0) is 19.1 Å². The molecule has 2 aromatic rings. The van der Waals surface area contributed by atoms with Crippen LogP contribution in [0.25, 0.3) is 12.2 Å². The highest BCUT2D eigenvalue weighted by atomic mass is 19.1. The van der Waals surface area contributed by atoms with E-state index in [1.165, 1.54) is 37.5 Å². The highest BCUT2D eigenvalue weighted by Gasteiger charge is 2.11. The molecule has 0 radical (unpaired) electrons. The van der Waals surface area contributed by atoms with Gasteiger partial charge in [-0.3, -0.25) is 14.4 Å². The average molecular weight is 400 g/mol. The quantitative estimate of drug-likeness (QED) is 0.620. The average Bonchev–Trinajstić information content (AvgIpc) is 3.16. The number of anilines is 2. The Balaban J connectivity index is 0.000000176. The first-order chi connectivity index (χ1) is 13.8. The third-order valence-electron chi connectivity index (χ3n) is 3.83. The minimum absolute atomic E-state index is 0.0144. The maximum absolute atomic E-state index is 13.5. The van der Waals surface area contributed by atoms with E-state index >= 15 is 0 Å². The number of rotatable bonds is 3. The van der Waals surface area contributed by atoms with Gasteiger partial charge in [0.15, 0.2) is 0 Å². The topological polar surface area (TPSA) is 123 Å². The molecule has 3 amide bonds. The van der Waals surface area contributed by atoms with Gasteiger partial charge in [-0.25, -0.2) is 18.8 Å². The molecule has 0 fully saturated rings. The van der Waals surface area contributed by atoms with E-state index in [4.69, 9.17) is 5.73 Å². The zero-order valence-electron chi connectivity index (χ0n) is 15.0. The van der Waals surface area contributed by atoms with Gasteiger partial charge >= 0.3 is 0 Å². The number of methoxy groups -OCH3 is 1. The Morgan fingerprint density at radius 2 is 1.55 bits per heavy atom. The van der Waals surface area contributed by atoms with E-state index in [0.717, 1.165) is 6.07 Å². The van der Waals surface area contributed by atoms with Crippen molar-refractivity contribution in [1.29, 1.82) is 0 Å². The molecule has 4 rings (SSSR count). The third-order valence-corrected chi connectivity index (χ3v) is 3.83. The van der Waals surface area contributed by atoms with E-state index in [9.17, 15) is 23.2 Å². The van der Waals surface area contributed by atoms with E-state index in [-0.39, 0.29) is 23.9 Å². The van der Waals surface area contributed by atoms with Gasteiger partial charge in [-0.1, -0.05) is 0 Å². The maximum atomic E-state index is 13.5. The number of fused-ring (bicyclic) bond motifs is 2. The summed E-state index contributed by atoms with van der Waals surface area (Å²) in [5.74, 6) is -2.40. The molecule has 148 valence electrons. The van der Waals surface area contributed by atoms with Crippen LogP contribution in [0.2, 0.25) is 0 Å². The Kier molecular flexibility index (Phi) is 5.55. The fourth-order valence-electron chi connectivity index (χ4n) is 2.58. The van der Waals surface area contributed by atoms with E-state index in [0.29, 0.717) is 21.2 Å². The number of carbonyl (C=O) groups excluding carboxylic acids is 3. The van der Waals surface area contributed by atoms with Crippen molar-refractivity contribution >= 4 is 41.2 Å². The van der Waals surface area contributed by atoms with Crippen molar-refractivity contribution in [2.24, 2.45) is 9.98 Å². The molecule has 29 heavy (non-hydrogen) atoms. The summed E-state index contributed by atoms with van der Waals surface area (Å²) in [6.07, 6.45) is 2.51. The molecular formula is C19H14F2N4O4. The van der Waals surface area contributed by atoms with Crippen molar-refractivity contribution in [3.63, 3.8) is 0 Å². The lowest BCUT2D eigenvalue weighted by atomic mass is 10.2. The lowest BCUT2D eigenvalue weighted by Gasteiger charge is -2.04. The van der Waals surface area contributed by atoms with Crippen LogP contribution in [0.1, 0.15) is 0 Å². The first-order valence-corrected chi connectivity index (χ1v) is 8.19. The van der Waals surface area contributed by atoms with Crippen LogP contribution >= 0.6 is 0 Å². The highest BCUT2D eigenvalue weighted by molar-refractivity contribution is 6.06. The minimum Gasteiger partial charge on any atom is -0.396 e. The normalized spacial score (nSPS) is 13.1. The van der Waals surface area contributed by atoms with Crippen LogP contribution in [0.15, 0.2) is 34.3 Å². The number of nitrogens with two attached hydrogens (primary N) is 1. The second kappa shape index (κ2) is 8.07. The van der Waals surface area contributed by atoms with E-state index in [1.54, 1.807) is 0 Å². The lowest BCUT2D eigenvalue weighted by molar-refractivity contribution is -0.119. The molecule has 0 atom stereocenters. The van der Waals surface area contributed by atoms with E-state index < -0.39 is 23.4 Å². The molecule has 2 aliphatic rings. The van der Waals surface area contributed by atoms with Crippen LogP contribution in [0.4, 0.5) is 20.2 Å². The molecule has 0 aromatic heterocycles. The largest absolute Gasteiger partial charge is 0.396 e. The Hall–Kier alpha value is -3.79. The molecule has 0 saturated carbocycles. The number of hydrogen-bond acceptors (Lipinski definition) is 5. The summed E-state index contributed by atoms with van der Waals surface area (Å²) in [6.45, 7) is -0.168. The van der Waals surface area contributed by atoms with Crippen molar-refractivity contribution in [1.82, 2.24) is 0 Å². The van der Waals surface area contributed by atoms with Crippen molar-refractivity contribution in [2.75, 3.05) is 24.8 Å². The maximum Gasteiger partial charge on any atom is 0.270 e. The minimum atomic E-state index is -0.616. The molecule has 0 saturated heterocycles. The summed E-state index contributed by atoms with van der Waals surface area (Å²) < 4.78 is 31.0. The Morgan fingerprint density at radius 3 is 2.14 bits per heavy atom. The molecular weight excluding hydrogens is 386 g/mol. The van der Waals surface area contributed by atoms with Crippen molar-refractivity contribution in [2.45, 2.75) is 0 Å². The number of nitrogens with zero attached hydrogens (tertiary/aromatic N) is 2. The predicted octanol–water partition coefficient (Wildman–Crippen LogP) is -1.30. The second-order valence-electron chi connectivity index (χ2n) is 5.99. The molecule has 0 bridgehead atoms. The summed E-state index contributed by atoms with van der Waals surface area (Å²) in [5, 5.41) is 4.03. The number of nitrogens with one attached hydrogen (secondary N) is 1. The van der Waals surface area contributed by atoms with Gasteiger partial charge in [0.2, 0.25) is 5.91 Å². The third kappa shape index (κ3) is 4.55. The van der Waals surface area contributed by atoms with E-state index in [2.05, 4.69) is 20.0 Å². The number of benzene rings is 2. The zero-order chi connectivity index (χ0) is 21.1. The van der Waals surface area contributed by atoms with Gasteiger partial charge in [0.25, 0.3) is 11.8 Å². The van der Waals surface area contributed by atoms with Crippen LogP contribution in [-0.4, -0.2) is 31.4 Å². The monoisotopic (exact) mass is 400 g/mol. The van der Waals surface area contributed by atoms with Crippen LogP contribution in [0.5, 0.6) is 0 Å². The van der Waals surface area contributed by atoms with Crippen molar-refractivity contribution in [3.05, 3.63) is 57.1 Å². The lowest BCUT2D eigenvalue weighted by Crippen LogP contribution is -2.25. The van der Waals surface area contributed by atoms with Crippen molar-refractivity contribution < 1.29 is 27.9 Å². The molecule has 3 N–H and O–H groups in total. The van der Waals surface area contributed by atoms with Crippen molar-refractivity contribution in [3.8, 4) is 0 Å². The zero-order valence-corrected chi connectivity index (χ0v) is 15.0. The summed E-state index contributed by atoms with van der Waals surface area (Å²) in [4.78, 5) is 40.2. The molecule has 8 nitrogen and oxygen atoms in total. The van der Waals surface area contributed by atoms with Gasteiger partial charge < -0.3 is 15.8 Å². The van der Waals surface area contributed by atoms with Gasteiger partial charge in [-0.2, -0.15) is 0 Å². The van der Waals surface area contributed by atoms with Gasteiger partial charge in [-0.15, -0.1) is 0 Å². The summed E-state index contributed by atoms with van der Waals surface area (Å²) >= 11 is 0. The first kappa shape index (κ1) is 20.0. The van der Waals surface area contributed by atoms with Gasteiger partial charge in [0.1, 0.15) is 18.2 Å². The molecule has 2 aliphatic heterocycles. The van der Waals surface area contributed by atoms with Gasteiger partial charge in [0, 0.05) is 29.7 Å². The summed E-state index contributed by atoms with van der Waals surface area (Å²) in [5.41, 5.74) is 5.28. The first-order valence-electron chi connectivity index (χ1n) is 8.19. The van der Waals surface area contributed by atoms with Crippen LogP contribution < -0.4 is 32.2 Å². The Morgan fingerprint density at radius 1 is 1.00 bits per heavy atom. The molecule has 2 aromatic carbocycles. The number of carbonyl (C=O) groups is 3. The SMILES string of the molecule is COCC(=O)Nc1cc2c(cc1F)=CC(=O)N=2.Nc1cc2c(cc1F)=CC(=O)N=2. The Labute approximate surface area is 161 Å². The number of hydrogen-bond donors (Lipinski definition) is 2. The molecule has 0 aliphatic carbocycles. The number of ether oxygens (including phenoxy) is 1. The number of amides is 3. The fourth-order valence-corrected chi connectivity index (χ4v) is 2.58. The second-order valence-corrected chi connectivity index (χ2v) is 5.99. The molecule has 10 heteroatoms. The molecule has 2 heterocycles. The van der Waals surface area contributed by atoms with Gasteiger partial charge in [0.05, 0.1) is 22.1 Å². The van der Waals surface area contributed by atoms with Crippen LogP contribution in [0.3, 0.4) is 0 Å². The summed E-state index contributed by atoms with van der Waals surface area (Å²) in [6, 6.07) is 5.04. The molecule has 0 spiro atoms.